The monoisotopic (exact) mass is 353 g/mol. The Bertz CT molecular complexity index is 496. The summed E-state index contributed by atoms with van der Waals surface area (Å²) in [6.07, 6.45) is 0. The van der Waals surface area contributed by atoms with E-state index in [2.05, 4.69) is 52.2 Å². The number of rotatable bonds is 5. The van der Waals surface area contributed by atoms with E-state index in [1.165, 1.54) is 9.13 Å². The largest absolute Gasteiger partial charge is 0.494 e. The summed E-state index contributed by atoms with van der Waals surface area (Å²) in [5.41, 5.74) is 2.40. The second-order valence-corrected chi connectivity index (χ2v) is 5.19. The fourth-order valence-electron chi connectivity index (χ4n) is 1.69. The van der Waals surface area contributed by atoms with E-state index in [9.17, 15) is 0 Å². The Kier molecular flexibility index (Phi) is 4.87. The highest BCUT2D eigenvalue weighted by Gasteiger charge is 1.96. The Balaban J connectivity index is 1.93. The quantitative estimate of drug-likeness (QED) is 0.810. The van der Waals surface area contributed by atoms with Crippen LogP contribution < -0.4 is 10.1 Å². The molecule has 0 bridgehead atoms. The number of hydrogen-bond donors (Lipinski definition) is 1. The second-order valence-electron chi connectivity index (χ2n) is 3.94. The maximum absolute atomic E-state index is 5.41. The van der Waals surface area contributed by atoms with Crippen LogP contribution in [0.1, 0.15) is 12.5 Å². The van der Waals surface area contributed by atoms with Gasteiger partial charge in [-0.2, -0.15) is 0 Å². The van der Waals surface area contributed by atoms with Gasteiger partial charge in [0, 0.05) is 15.8 Å². The lowest BCUT2D eigenvalue weighted by Gasteiger charge is -2.08. The average molecular weight is 353 g/mol. The van der Waals surface area contributed by atoms with Gasteiger partial charge in [-0.1, -0.05) is 12.1 Å². The van der Waals surface area contributed by atoms with Gasteiger partial charge in [-0.3, -0.25) is 0 Å². The van der Waals surface area contributed by atoms with Gasteiger partial charge in [0.05, 0.1) is 6.61 Å². The Morgan fingerprint density at radius 2 is 1.89 bits per heavy atom. The van der Waals surface area contributed by atoms with E-state index in [-0.39, 0.29) is 0 Å². The fraction of sp³-hybridized carbons (Fsp3) is 0.200. The highest BCUT2D eigenvalue weighted by molar-refractivity contribution is 14.1. The van der Waals surface area contributed by atoms with Gasteiger partial charge >= 0.3 is 0 Å². The topological polar surface area (TPSA) is 21.3 Å². The maximum atomic E-state index is 5.41. The van der Waals surface area contributed by atoms with Crippen molar-refractivity contribution in [2.24, 2.45) is 0 Å². The molecule has 0 unspecified atom stereocenters. The van der Waals surface area contributed by atoms with Crippen molar-refractivity contribution in [3.63, 3.8) is 0 Å². The zero-order valence-corrected chi connectivity index (χ0v) is 12.5. The van der Waals surface area contributed by atoms with E-state index in [1.807, 2.05) is 31.2 Å². The van der Waals surface area contributed by atoms with Crippen LogP contribution in [0, 0.1) is 3.57 Å². The van der Waals surface area contributed by atoms with Gasteiger partial charge in [-0.05, 0) is 71.5 Å². The minimum atomic E-state index is 0.704. The summed E-state index contributed by atoms with van der Waals surface area (Å²) < 4.78 is 6.67. The summed E-state index contributed by atoms with van der Waals surface area (Å²) in [5.74, 6) is 0.914. The van der Waals surface area contributed by atoms with E-state index < -0.39 is 0 Å². The van der Waals surface area contributed by atoms with Gasteiger partial charge in [0.1, 0.15) is 5.75 Å². The molecule has 0 aliphatic heterocycles. The van der Waals surface area contributed by atoms with Crippen molar-refractivity contribution in [3.05, 3.63) is 57.7 Å². The first-order chi connectivity index (χ1) is 8.78. The molecule has 0 atom stereocenters. The van der Waals surface area contributed by atoms with E-state index in [0.717, 1.165) is 18.0 Å². The van der Waals surface area contributed by atoms with E-state index >= 15 is 0 Å². The van der Waals surface area contributed by atoms with Crippen molar-refractivity contribution >= 4 is 28.3 Å². The highest BCUT2D eigenvalue weighted by Crippen LogP contribution is 2.16. The molecule has 2 aromatic rings. The average Bonchev–Trinajstić information content (AvgIpc) is 2.38. The molecule has 18 heavy (non-hydrogen) atoms. The molecular weight excluding hydrogens is 337 g/mol. The van der Waals surface area contributed by atoms with Crippen LogP contribution in [-0.4, -0.2) is 6.61 Å². The number of nitrogens with one attached hydrogen (secondary N) is 1. The van der Waals surface area contributed by atoms with Crippen LogP contribution in [0.3, 0.4) is 0 Å². The first-order valence-corrected chi connectivity index (χ1v) is 7.07. The summed E-state index contributed by atoms with van der Waals surface area (Å²) in [7, 11) is 0. The molecule has 0 spiro atoms. The Labute approximate surface area is 122 Å². The van der Waals surface area contributed by atoms with Crippen LogP contribution in [-0.2, 0) is 6.54 Å². The molecule has 1 N–H and O–H groups in total. The molecule has 0 saturated heterocycles. The molecular formula is C15H16INO. The molecule has 0 fully saturated rings. The standard InChI is InChI=1S/C15H16INO/c1-2-18-15-8-6-14(7-9-15)17-11-12-4-3-5-13(16)10-12/h3-10,17H,2,11H2,1H3. The van der Waals surface area contributed by atoms with Gasteiger partial charge in [0.25, 0.3) is 0 Å². The van der Waals surface area contributed by atoms with Crippen molar-refractivity contribution in [1.82, 2.24) is 0 Å². The van der Waals surface area contributed by atoms with Gasteiger partial charge in [0.15, 0.2) is 0 Å². The molecule has 0 aromatic heterocycles. The molecule has 2 aromatic carbocycles. The zero-order valence-electron chi connectivity index (χ0n) is 10.3. The number of halogens is 1. The number of benzene rings is 2. The molecule has 0 aliphatic rings. The Hall–Kier alpha value is -1.23. The SMILES string of the molecule is CCOc1ccc(NCc2cccc(I)c2)cc1. The lowest BCUT2D eigenvalue weighted by molar-refractivity contribution is 0.340. The molecule has 3 heteroatoms. The fourth-order valence-corrected chi connectivity index (χ4v) is 2.29. The van der Waals surface area contributed by atoms with Crippen LogP contribution in [0.25, 0.3) is 0 Å². The third kappa shape index (κ3) is 3.91. The third-order valence-corrected chi connectivity index (χ3v) is 3.22. The van der Waals surface area contributed by atoms with E-state index in [0.29, 0.717) is 6.61 Å². The minimum absolute atomic E-state index is 0.704. The molecule has 2 rings (SSSR count). The van der Waals surface area contributed by atoms with E-state index in [4.69, 9.17) is 4.74 Å². The van der Waals surface area contributed by atoms with Crippen molar-refractivity contribution in [2.45, 2.75) is 13.5 Å². The first-order valence-electron chi connectivity index (χ1n) is 5.99. The zero-order chi connectivity index (χ0) is 12.8. The lowest BCUT2D eigenvalue weighted by Crippen LogP contribution is -1.99. The first kappa shape index (κ1) is 13.2. The van der Waals surface area contributed by atoms with Crippen molar-refractivity contribution in [1.29, 1.82) is 0 Å². The number of ether oxygens (including phenoxy) is 1. The van der Waals surface area contributed by atoms with Crippen LogP contribution in [0.15, 0.2) is 48.5 Å². The second kappa shape index (κ2) is 6.64. The smallest absolute Gasteiger partial charge is 0.119 e. The lowest BCUT2D eigenvalue weighted by atomic mass is 10.2. The van der Waals surface area contributed by atoms with Crippen molar-refractivity contribution in [2.75, 3.05) is 11.9 Å². The van der Waals surface area contributed by atoms with Crippen molar-refractivity contribution in [3.8, 4) is 5.75 Å². The van der Waals surface area contributed by atoms with Gasteiger partial charge in [-0.25, -0.2) is 0 Å². The molecule has 0 radical (unpaired) electrons. The maximum Gasteiger partial charge on any atom is 0.119 e. The number of hydrogen-bond acceptors (Lipinski definition) is 2. The van der Waals surface area contributed by atoms with Gasteiger partial charge < -0.3 is 10.1 Å². The summed E-state index contributed by atoms with van der Waals surface area (Å²) in [6.45, 7) is 3.53. The van der Waals surface area contributed by atoms with Crippen molar-refractivity contribution < 1.29 is 4.74 Å². The van der Waals surface area contributed by atoms with E-state index in [1.54, 1.807) is 0 Å². The molecule has 0 amide bonds. The Morgan fingerprint density at radius 1 is 1.11 bits per heavy atom. The highest BCUT2D eigenvalue weighted by atomic mass is 127. The predicted molar refractivity (Wildman–Crippen MR) is 84.1 cm³/mol. The molecule has 94 valence electrons. The van der Waals surface area contributed by atoms with Crippen LogP contribution in [0.4, 0.5) is 5.69 Å². The summed E-state index contributed by atoms with van der Waals surface area (Å²) in [4.78, 5) is 0. The molecule has 0 aliphatic carbocycles. The summed E-state index contributed by atoms with van der Waals surface area (Å²) in [5, 5.41) is 3.40. The predicted octanol–water partition coefficient (Wildman–Crippen LogP) is 4.30. The van der Waals surface area contributed by atoms with Gasteiger partial charge in [-0.15, -0.1) is 0 Å². The summed E-state index contributed by atoms with van der Waals surface area (Å²) in [6, 6.07) is 16.5. The molecule has 2 nitrogen and oxygen atoms in total. The minimum Gasteiger partial charge on any atom is -0.494 e. The molecule has 0 heterocycles. The normalized spacial score (nSPS) is 10.1. The Morgan fingerprint density at radius 3 is 2.56 bits per heavy atom. The number of anilines is 1. The van der Waals surface area contributed by atoms with Gasteiger partial charge in [0.2, 0.25) is 0 Å². The third-order valence-electron chi connectivity index (χ3n) is 2.55. The van der Waals surface area contributed by atoms with Crippen LogP contribution in [0.2, 0.25) is 0 Å². The van der Waals surface area contributed by atoms with Crippen LogP contribution in [0.5, 0.6) is 5.75 Å². The van der Waals surface area contributed by atoms with Crippen LogP contribution >= 0.6 is 22.6 Å². The summed E-state index contributed by atoms with van der Waals surface area (Å²) >= 11 is 2.33. The molecule has 0 saturated carbocycles.